The largest absolute Gasteiger partial charge is 1.00 e. The Labute approximate surface area is 73.2 Å². The molecule has 0 unspecified atom stereocenters. The Bertz CT molecular complexity index is 55.4. The third kappa shape index (κ3) is 17.7. The van der Waals surface area contributed by atoms with E-state index in [0.29, 0.717) is 0 Å². The van der Waals surface area contributed by atoms with Gasteiger partial charge in [0.25, 0.3) is 0 Å². The minimum atomic E-state index is 0. The van der Waals surface area contributed by atoms with E-state index in [1.807, 2.05) is 0 Å². The SMILES string of the molecule is C[N+](C)(C)CCO.[Cl-].[Ni]. The van der Waals surface area contributed by atoms with Gasteiger partial charge >= 0.3 is 0 Å². The van der Waals surface area contributed by atoms with Crippen LogP contribution in [0.25, 0.3) is 0 Å². The Morgan fingerprint density at radius 2 is 1.56 bits per heavy atom. The number of hydrogen-bond donors (Lipinski definition) is 1. The van der Waals surface area contributed by atoms with Gasteiger partial charge in [-0.1, -0.05) is 0 Å². The Hall–Kier alpha value is 0.704. The van der Waals surface area contributed by atoms with Gasteiger partial charge in [0.05, 0.1) is 27.7 Å². The minimum Gasteiger partial charge on any atom is -1.00 e. The van der Waals surface area contributed by atoms with Crippen LogP contribution in [0, 0.1) is 0 Å². The van der Waals surface area contributed by atoms with Crippen molar-refractivity contribution in [3.63, 3.8) is 0 Å². The van der Waals surface area contributed by atoms with Crippen LogP contribution in [0.5, 0.6) is 0 Å². The molecule has 0 heterocycles. The average Bonchev–Trinajstić information content (AvgIpc) is 1.30. The van der Waals surface area contributed by atoms with E-state index >= 15 is 0 Å². The molecular formula is C5H14ClNNiO. The second-order valence-electron chi connectivity index (χ2n) is 2.74. The minimum absolute atomic E-state index is 0. The maximum atomic E-state index is 8.39. The zero-order valence-electron chi connectivity index (χ0n) is 6.00. The summed E-state index contributed by atoms with van der Waals surface area (Å²) in [6.45, 7) is 1.11. The molecule has 0 aromatic carbocycles. The summed E-state index contributed by atoms with van der Waals surface area (Å²) >= 11 is 0. The van der Waals surface area contributed by atoms with Crippen LogP contribution >= 0.6 is 0 Å². The van der Waals surface area contributed by atoms with E-state index in [4.69, 9.17) is 5.11 Å². The van der Waals surface area contributed by atoms with Gasteiger partial charge in [0, 0.05) is 16.5 Å². The summed E-state index contributed by atoms with van der Waals surface area (Å²) in [5, 5.41) is 8.39. The molecule has 0 amide bonds. The molecule has 4 heteroatoms. The topological polar surface area (TPSA) is 20.2 Å². The molecule has 0 aromatic rings. The molecule has 0 saturated heterocycles. The third-order valence-corrected chi connectivity index (χ3v) is 0.771. The van der Waals surface area contributed by atoms with Crippen LogP contribution in [0.4, 0.5) is 0 Å². The number of rotatable bonds is 2. The second kappa shape index (κ2) is 6.82. The first-order chi connectivity index (χ1) is 3.06. The van der Waals surface area contributed by atoms with Crippen LogP contribution in [-0.2, 0) is 16.5 Å². The number of nitrogens with zero attached hydrogens (tertiary/aromatic N) is 1. The normalized spacial score (nSPS) is 9.33. The molecular weight excluding hydrogens is 184 g/mol. The van der Waals surface area contributed by atoms with E-state index in [2.05, 4.69) is 21.1 Å². The van der Waals surface area contributed by atoms with Gasteiger partial charge in [-0.05, 0) is 0 Å². The first-order valence-corrected chi connectivity index (χ1v) is 2.47. The quantitative estimate of drug-likeness (QED) is 0.364. The van der Waals surface area contributed by atoms with Crippen molar-refractivity contribution in [1.29, 1.82) is 0 Å². The summed E-state index contributed by atoms with van der Waals surface area (Å²) in [7, 11) is 6.16. The average molecular weight is 198 g/mol. The number of likely N-dealkylation sites (N-methyl/N-ethyl adjacent to an activating group) is 1. The molecule has 0 aromatic heterocycles. The number of hydrogen-bond acceptors (Lipinski definition) is 1. The van der Waals surface area contributed by atoms with Crippen molar-refractivity contribution in [3.05, 3.63) is 0 Å². The first-order valence-electron chi connectivity index (χ1n) is 2.47. The third-order valence-electron chi connectivity index (χ3n) is 0.771. The standard InChI is InChI=1S/C5H14NO.ClH.Ni/c1-6(2,3)4-5-7;;/h7H,4-5H2,1-3H3;1H;/q+1;;/p-1. The maximum absolute atomic E-state index is 8.39. The first kappa shape index (κ1) is 16.4. The summed E-state index contributed by atoms with van der Waals surface area (Å²) < 4.78 is 0.844. The van der Waals surface area contributed by atoms with Crippen molar-refractivity contribution < 1.29 is 38.5 Å². The smallest absolute Gasteiger partial charge is 0.101 e. The molecule has 0 aliphatic heterocycles. The van der Waals surface area contributed by atoms with Gasteiger partial charge in [-0.2, -0.15) is 0 Å². The van der Waals surface area contributed by atoms with Gasteiger partial charge in [-0.25, -0.2) is 0 Å². The van der Waals surface area contributed by atoms with Gasteiger partial charge in [-0.15, -0.1) is 0 Å². The van der Waals surface area contributed by atoms with Crippen molar-refractivity contribution >= 4 is 0 Å². The molecule has 0 aliphatic rings. The van der Waals surface area contributed by atoms with Gasteiger partial charge in [0.1, 0.15) is 6.54 Å². The van der Waals surface area contributed by atoms with Crippen molar-refractivity contribution in [2.75, 3.05) is 34.3 Å². The van der Waals surface area contributed by atoms with Crippen LogP contribution in [-0.4, -0.2) is 43.9 Å². The molecule has 0 radical (unpaired) electrons. The van der Waals surface area contributed by atoms with Gasteiger partial charge in [0.15, 0.2) is 0 Å². The van der Waals surface area contributed by atoms with Crippen LogP contribution in [0.2, 0.25) is 0 Å². The van der Waals surface area contributed by atoms with Crippen molar-refractivity contribution in [2.24, 2.45) is 0 Å². The van der Waals surface area contributed by atoms with Crippen LogP contribution in [0.15, 0.2) is 0 Å². The molecule has 1 N–H and O–H groups in total. The summed E-state index contributed by atoms with van der Waals surface area (Å²) in [5.74, 6) is 0. The van der Waals surface area contributed by atoms with Crippen molar-refractivity contribution in [2.45, 2.75) is 0 Å². The van der Waals surface area contributed by atoms with Crippen molar-refractivity contribution in [1.82, 2.24) is 0 Å². The monoisotopic (exact) mass is 197 g/mol. The molecule has 0 aliphatic carbocycles. The Morgan fingerprint density at radius 1 is 1.22 bits per heavy atom. The van der Waals surface area contributed by atoms with Crippen LogP contribution < -0.4 is 12.4 Å². The van der Waals surface area contributed by atoms with Crippen LogP contribution in [0.1, 0.15) is 0 Å². The van der Waals surface area contributed by atoms with E-state index in [9.17, 15) is 0 Å². The van der Waals surface area contributed by atoms with Gasteiger partial charge in [-0.3, -0.25) is 0 Å². The molecule has 0 rings (SSSR count). The van der Waals surface area contributed by atoms with E-state index in [1.165, 1.54) is 0 Å². The fourth-order valence-electron chi connectivity index (χ4n) is 0.300. The Balaban J connectivity index is -0.000000180. The number of aliphatic hydroxyl groups excluding tert-OH is 1. The summed E-state index contributed by atoms with van der Waals surface area (Å²) in [6, 6.07) is 0. The molecule has 0 bridgehead atoms. The Kier molecular flexibility index (Phi) is 12.4. The zero-order chi connectivity index (χ0) is 5.91. The fraction of sp³-hybridized carbons (Fsp3) is 1.00. The van der Waals surface area contributed by atoms with Gasteiger partial charge < -0.3 is 22.0 Å². The fourth-order valence-corrected chi connectivity index (χ4v) is 0.300. The summed E-state index contributed by atoms with van der Waals surface area (Å²) in [6.07, 6.45) is 0. The zero-order valence-corrected chi connectivity index (χ0v) is 7.75. The molecule has 2 nitrogen and oxygen atoms in total. The van der Waals surface area contributed by atoms with E-state index in [-0.39, 0.29) is 35.5 Å². The molecule has 0 spiro atoms. The Morgan fingerprint density at radius 3 is 1.56 bits per heavy atom. The molecule has 0 fully saturated rings. The predicted octanol–water partition coefficient (Wildman–Crippen LogP) is -3.31. The molecule has 62 valence electrons. The summed E-state index contributed by atoms with van der Waals surface area (Å²) in [5.41, 5.74) is 0. The number of halogens is 1. The molecule has 0 saturated carbocycles. The predicted molar refractivity (Wildman–Crippen MR) is 30.0 cm³/mol. The number of aliphatic hydroxyl groups is 1. The van der Waals surface area contributed by atoms with E-state index in [1.54, 1.807) is 0 Å². The second-order valence-corrected chi connectivity index (χ2v) is 2.74. The van der Waals surface area contributed by atoms with Crippen molar-refractivity contribution in [3.8, 4) is 0 Å². The van der Waals surface area contributed by atoms with E-state index in [0.717, 1.165) is 11.0 Å². The van der Waals surface area contributed by atoms with Gasteiger partial charge in [0.2, 0.25) is 0 Å². The van der Waals surface area contributed by atoms with E-state index < -0.39 is 0 Å². The molecule has 9 heavy (non-hydrogen) atoms. The number of quaternary nitrogens is 1. The molecule has 0 atom stereocenters. The van der Waals surface area contributed by atoms with Crippen LogP contribution in [0.3, 0.4) is 0 Å². The summed E-state index contributed by atoms with van der Waals surface area (Å²) in [4.78, 5) is 0. The maximum Gasteiger partial charge on any atom is 0.101 e.